The highest BCUT2D eigenvalue weighted by atomic mass is 16.5. The van der Waals surface area contributed by atoms with Crippen LogP contribution in [0.1, 0.15) is 74.7 Å². The molecule has 1 fully saturated rings. The first-order valence-corrected chi connectivity index (χ1v) is 13.3. The Labute approximate surface area is 209 Å². The molecule has 0 spiro atoms. The van der Waals surface area contributed by atoms with Crippen LogP contribution < -0.4 is 26.0 Å². The molecule has 2 atom stereocenters. The lowest BCUT2D eigenvalue weighted by atomic mass is 9.95. The summed E-state index contributed by atoms with van der Waals surface area (Å²) in [6, 6.07) is 12.7. The van der Waals surface area contributed by atoms with Crippen LogP contribution in [-0.4, -0.2) is 42.7 Å². The fourth-order valence-electron chi connectivity index (χ4n) is 5.01. The van der Waals surface area contributed by atoms with Crippen molar-refractivity contribution in [1.82, 2.24) is 26.3 Å². The van der Waals surface area contributed by atoms with E-state index < -0.39 is 0 Å². The molecule has 1 unspecified atom stereocenters. The SMILES string of the molecule is C[C@H](NCc1ccccn1)C(=O)NCc1cccc2c1OCCC2NCCCNC1CCCCC1. The molecule has 1 amide bonds. The number of fused-ring (bicyclic) bond motifs is 1. The lowest BCUT2D eigenvalue weighted by Gasteiger charge is -2.29. The molecule has 190 valence electrons. The maximum Gasteiger partial charge on any atom is 0.237 e. The molecule has 4 N–H and O–H groups in total. The van der Waals surface area contributed by atoms with Crippen LogP contribution in [0.15, 0.2) is 42.6 Å². The number of pyridine rings is 1. The quantitative estimate of drug-likeness (QED) is 0.348. The molecule has 0 radical (unpaired) electrons. The highest BCUT2D eigenvalue weighted by Gasteiger charge is 2.23. The van der Waals surface area contributed by atoms with E-state index in [1.807, 2.05) is 31.2 Å². The normalized spacial score (nSPS) is 18.9. The van der Waals surface area contributed by atoms with Crippen molar-refractivity contribution >= 4 is 5.91 Å². The van der Waals surface area contributed by atoms with E-state index in [-0.39, 0.29) is 11.9 Å². The Morgan fingerprint density at radius 2 is 1.89 bits per heavy atom. The zero-order chi connectivity index (χ0) is 24.3. The van der Waals surface area contributed by atoms with Crippen molar-refractivity contribution in [2.75, 3.05) is 19.7 Å². The molecule has 1 saturated carbocycles. The second-order valence-electron chi connectivity index (χ2n) is 9.76. The van der Waals surface area contributed by atoms with Crippen molar-refractivity contribution in [2.24, 2.45) is 0 Å². The van der Waals surface area contributed by atoms with Gasteiger partial charge in [0.25, 0.3) is 0 Å². The van der Waals surface area contributed by atoms with Gasteiger partial charge in [0.15, 0.2) is 0 Å². The molecule has 2 aromatic rings. The largest absolute Gasteiger partial charge is 0.493 e. The fraction of sp³-hybridized carbons (Fsp3) is 0.571. The van der Waals surface area contributed by atoms with Gasteiger partial charge in [-0.1, -0.05) is 43.5 Å². The number of hydrogen-bond donors (Lipinski definition) is 4. The van der Waals surface area contributed by atoms with Gasteiger partial charge in [-0.2, -0.15) is 0 Å². The molecule has 2 heterocycles. The summed E-state index contributed by atoms with van der Waals surface area (Å²) in [5.41, 5.74) is 3.14. The molecule has 1 aliphatic carbocycles. The van der Waals surface area contributed by atoms with E-state index in [0.717, 1.165) is 49.0 Å². The number of carbonyl (C=O) groups is 1. The molecule has 1 aromatic heterocycles. The Morgan fingerprint density at radius 1 is 1.03 bits per heavy atom. The molecule has 0 bridgehead atoms. The van der Waals surface area contributed by atoms with E-state index >= 15 is 0 Å². The monoisotopic (exact) mass is 479 g/mol. The van der Waals surface area contributed by atoms with Crippen molar-refractivity contribution in [3.63, 3.8) is 0 Å². The van der Waals surface area contributed by atoms with Gasteiger partial charge in [0.1, 0.15) is 5.75 Å². The van der Waals surface area contributed by atoms with Crippen molar-refractivity contribution in [2.45, 2.75) is 83.1 Å². The zero-order valence-electron chi connectivity index (χ0n) is 21.0. The summed E-state index contributed by atoms with van der Waals surface area (Å²) >= 11 is 0. The van der Waals surface area contributed by atoms with E-state index in [1.165, 1.54) is 37.7 Å². The molecule has 2 aliphatic rings. The van der Waals surface area contributed by atoms with Gasteiger partial charge >= 0.3 is 0 Å². The Morgan fingerprint density at radius 3 is 2.71 bits per heavy atom. The summed E-state index contributed by atoms with van der Waals surface area (Å²) < 4.78 is 6.06. The van der Waals surface area contributed by atoms with E-state index in [1.54, 1.807) is 6.20 Å². The first-order chi connectivity index (χ1) is 17.2. The molecule has 1 aliphatic heterocycles. The van der Waals surface area contributed by atoms with Crippen LogP contribution in [-0.2, 0) is 17.9 Å². The summed E-state index contributed by atoms with van der Waals surface area (Å²) in [4.78, 5) is 16.9. The Kier molecular flexibility index (Phi) is 9.93. The van der Waals surface area contributed by atoms with Gasteiger partial charge in [-0.25, -0.2) is 0 Å². The van der Waals surface area contributed by atoms with Gasteiger partial charge in [-0.3, -0.25) is 9.78 Å². The number of nitrogens with one attached hydrogen (secondary N) is 4. The number of aromatic nitrogens is 1. The van der Waals surface area contributed by atoms with Crippen LogP contribution in [0.3, 0.4) is 0 Å². The van der Waals surface area contributed by atoms with E-state index in [2.05, 4.69) is 38.4 Å². The van der Waals surface area contributed by atoms with E-state index in [4.69, 9.17) is 4.74 Å². The molecule has 7 heteroatoms. The van der Waals surface area contributed by atoms with Crippen molar-refractivity contribution in [3.05, 3.63) is 59.4 Å². The number of nitrogens with zero attached hydrogens (tertiary/aromatic N) is 1. The van der Waals surface area contributed by atoms with Crippen molar-refractivity contribution in [1.29, 1.82) is 0 Å². The number of para-hydroxylation sites is 1. The second-order valence-corrected chi connectivity index (χ2v) is 9.76. The predicted molar refractivity (Wildman–Crippen MR) is 139 cm³/mol. The highest BCUT2D eigenvalue weighted by Crippen LogP contribution is 2.35. The van der Waals surface area contributed by atoms with Crippen molar-refractivity contribution in [3.8, 4) is 5.75 Å². The third-order valence-electron chi connectivity index (χ3n) is 7.10. The smallest absolute Gasteiger partial charge is 0.237 e. The van der Waals surface area contributed by atoms with Crippen LogP contribution in [0.2, 0.25) is 0 Å². The Balaban J connectivity index is 1.22. The lowest BCUT2D eigenvalue weighted by molar-refractivity contribution is -0.122. The van der Waals surface area contributed by atoms with Crippen LogP contribution in [0.4, 0.5) is 0 Å². The number of hydrogen-bond acceptors (Lipinski definition) is 6. The maximum atomic E-state index is 12.6. The summed E-state index contributed by atoms with van der Waals surface area (Å²) in [7, 11) is 0. The number of rotatable bonds is 12. The summed E-state index contributed by atoms with van der Waals surface area (Å²) in [5, 5.41) is 13.8. The maximum absolute atomic E-state index is 12.6. The topological polar surface area (TPSA) is 87.3 Å². The van der Waals surface area contributed by atoms with E-state index in [0.29, 0.717) is 25.7 Å². The van der Waals surface area contributed by atoms with Gasteiger partial charge in [0.2, 0.25) is 5.91 Å². The first kappa shape index (κ1) is 25.6. The third kappa shape index (κ3) is 7.75. The Bertz CT molecular complexity index is 917. The molecular formula is C28H41N5O2. The van der Waals surface area contributed by atoms with Gasteiger partial charge in [-0.05, 0) is 51.4 Å². The van der Waals surface area contributed by atoms with Crippen molar-refractivity contribution < 1.29 is 9.53 Å². The number of ether oxygens (including phenoxy) is 1. The highest BCUT2D eigenvalue weighted by molar-refractivity contribution is 5.81. The minimum absolute atomic E-state index is 0.0329. The second kappa shape index (κ2) is 13.6. The fourth-order valence-corrected chi connectivity index (χ4v) is 5.01. The molecule has 1 aromatic carbocycles. The third-order valence-corrected chi connectivity index (χ3v) is 7.10. The number of amides is 1. The minimum Gasteiger partial charge on any atom is -0.493 e. The lowest BCUT2D eigenvalue weighted by Crippen LogP contribution is -2.41. The minimum atomic E-state index is -0.311. The predicted octanol–water partition coefficient (Wildman–Crippen LogP) is 3.60. The van der Waals surface area contributed by atoms with Gasteiger partial charge in [-0.15, -0.1) is 0 Å². The Hall–Kier alpha value is -2.48. The molecule has 0 saturated heterocycles. The number of benzene rings is 1. The number of carbonyl (C=O) groups excluding carboxylic acids is 1. The van der Waals surface area contributed by atoms with Gasteiger partial charge in [0, 0.05) is 48.9 Å². The first-order valence-electron chi connectivity index (χ1n) is 13.3. The molecule has 35 heavy (non-hydrogen) atoms. The molecular weight excluding hydrogens is 438 g/mol. The van der Waals surface area contributed by atoms with Crippen LogP contribution in [0.5, 0.6) is 5.75 Å². The summed E-state index contributed by atoms with van der Waals surface area (Å²) in [6.45, 7) is 5.64. The van der Waals surface area contributed by atoms with Gasteiger partial charge in [0.05, 0.1) is 18.3 Å². The summed E-state index contributed by atoms with van der Waals surface area (Å²) in [5.74, 6) is 0.889. The van der Waals surface area contributed by atoms with Crippen LogP contribution in [0.25, 0.3) is 0 Å². The molecule has 4 rings (SSSR count). The molecule has 7 nitrogen and oxygen atoms in total. The average molecular weight is 480 g/mol. The van der Waals surface area contributed by atoms with Crippen LogP contribution in [0, 0.1) is 0 Å². The van der Waals surface area contributed by atoms with Gasteiger partial charge < -0.3 is 26.0 Å². The standard InChI is InChI=1S/C28H41N5O2/c1-21(32-20-24-12-5-6-15-30-24)28(34)33-19-22-9-7-13-25-26(14-18-35-27(22)25)31-17-8-16-29-23-10-3-2-4-11-23/h5-7,9,12-13,15,21,23,26,29,31-32H,2-4,8,10-11,14,16-20H2,1H3,(H,33,34)/t21-,26?/m0/s1. The summed E-state index contributed by atoms with van der Waals surface area (Å²) in [6.07, 6.45) is 10.7. The van der Waals surface area contributed by atoms with Crippen LogP contribution >= 0.6 is 0 Å². The average Bonchev–Trinajstić information content (AvgIpc) is 2.91. The van der Waals surface area contributed by atoms with E-state index in [9.17, 15) is 4.79 Å². The zero-order valence-corrected chi connectivity index (χ0v) is 21.0.